The van der Waals surface area contributed by atoms with Crippen molar-refractivity contribution in [3.8, 4) is 0 Å². The van der Waals surface area contributed by atoms with Gasteiger partial charge in [-0.05, 0) is 21.0 Å². The van der Waals surface area contributed by atoms with Gasteiger partial charge in [-0.1, -0.05) is 0 Å². The fraction of sp³-hybridized carbons (Fsp3) is 0.615. The first-order valence-electron chi connectivity index (χ1n) is 6.79. The van der Waals surface area contributed by atoms with E-state index in [-0.39, 0.29) is 18.8 Å². The quantitative estimate of drug-likeness (QED) is 0.713. The Labute approximate surface area is 127 Å². The van der Waals surface area contributed by atoms with Crippen LogP contribution >= 0.6 is 0 Å². The number of carbonyl (C=O) groups excluding carboxylic acids is 2. The molecule has 0 unspecified atom stereocenters. The van der Waals surface area contributed by atoms with Crippen molar-refractivity contribution < 1.29 is 23.1 Å². The molecule has 0 atom stereocenters. The van der Waals surface area contributed by atoms with Gasteiger partial charge in [0.05, 0.1) is 6.61 Å². The highest BCUT2D eigenvalue weighted by Crippen LogP contribution is 2.20. The molecule has 7 nitrogen and oxygen atoms in total. The van der Waals surface area contributed by atoms with E-state index in [0.29, 0.717) is 13.1 Å². The molecule has 0 radical (unpaired) electrons. The number of likely N-dealkylation sites (N-methyl/N-ethyl adjacent to an activating group) is 1. The SMILES string of the molecule is CCOC(=O)c1cc(C(F)F)n(CC(=O)NCCN(C)C)n1. The third-order valence-corrected chi connectivity index (χ3v) is 2.69. The molecule has 0 saturated heterocycles. The zero-order valence-corrected chi connectivity index (χ0v) is 12.8. The lowest BCUT2D eigenvalue weighted by Crippen LogP contribution is -2.34. The third kappa shape index (κ3) is 5.40. The minimum absolute atomic E-state index is 0.112. The maximum atomic E-state index is 12.9. The van der Waals surface area contributed by atoms with Gasteiger partial charge in [0, 0.05) is 19.2 Å². The second kappa shape index (κ2) is 8.42. The summed E-state index contributed by atoms with van der Waals surface area (Å²) in [4.78, 5) is 25.1. The topological polar surface area (TPSA) is 76.5 Å². The monoisotopic (exact) mass is 318 g/mol. The van der Waals surface area contributed by atoms with Gasteiger partial charge in [0.15, 0.2) is 5.69 Å². The van der Waals surface area contributed by atoms with Crippen molar-refractivity contribution in [2.75, 3.05) is 33.8 Å². The Bertz CT molecular complexity index is 517. The Balaban J connectivity index is 2.75. The number of rotatable bonds is 8. The highest BCUT2D eigenvalue weighted by atomic mass is 19.3. The molecule has 0 fully saturated rings. The Hall–Kier alpha value is -2.03. The van der Waals surface area contributed by atoms with Gasteiger partial charge < -0.3 is 15.0 Å². The molecule has 1 aromatic rings. The zero-order valence-electron chi connectivity index (χ0n) is 12.8. The molecular formula is C13H20F2N4O3. The van der Waals surface area contributed by atoms with Crippen molar-refractivity contribution in [3.05, 3.63) is 17.5 Å². The van der Waals surface area contributed by atoms with Crippen LogP contribution in [0.15, 0.2) is 6.07 Å². The van der Waals surface area contributed by atoms with Gasteiger partial charge in [-0.2, -0.15) is 5.10 Å². The summed E-state index contributed by atoms with van der Waals surface area (Å²) in [5.41, 5.74) is -0.732. The number of ether oxygens (including phenoxy) is 1. The van der Waals surface area contributed by atoms with E-state index in [9.17, 15) is 18.4 Å². The third-order valence-electron chi connectivity index (χ3n) is 2.69. The number of alkyl halides is 2. The molecule has 0 bridgehead atoms. The predicted molar refractivity (Wildman–Crippen MR) is 74.7 cm³/mol. The number of amides is 1. The first-order valence-corrected chi connectivity index (χ1v) is 6.79. The molecule has 0 spiro atoms. The van der Waals surface area contributed by atoms with E-state index in [4.69, 9.17) is 4.74 Å². The van der Waals surface area contributed by atoms with E-state index in [1.807, 2.05) is 19.0 Å². The van der Waals surface area contributed by atoms with Gasteiger partial charge in [0.1, 0.15) is 12.2 Å². The number of nitrogens with zero attached hydrogens (tertiary/aromatic N) is 3. The number of carbonyl (C=O) groups is 2. The summed E-state index contributed by atoms with van der Waals surface area (Å²) < 4.78 is 31.4. The lowest BCUT2D eigenvalue weighted by Gasteiger charge is -2.11. The Kier molecular flexibility index (Phi) is 6.90. The predicted octanol–water partition coefficient (Wildman–Crippen LogP) is 0.675. The van der Waals surface area contributed by atoms with Crippen LogP contribution in [-0.2, 0) is 16.1 Å². The van der Waals surface area contributed by atoms with Gasteiger partial charge in [0.2, 0.25) is 5.91 Å². The average molecular weight is 318 g/mol. The van der Waals surface area contributed by atoms with Crippen LogP contribution in [0.3, 0.4) is 0 Å². The number of hydrogen-bond acceptors (Lipinski definition) is 5. The number of esters is 1. The molecule has 0 aliphatic heterocycles. The normalized spacial score (nSPS) is 11.0. The number of nitrogens with one attached hydrogen (secondary N) is 1. The lowest BCUT2D eigenvalue weighted by molar-refractivity contribution is -0.122. The van der Waals surface area contributed by atoms with Crippen molar-refractivity contribution in [2.45, 2.75) is 19.9 Å². The minimum Gasteiger partial charge on any atom is -0.461 e. The summed E-state index contributed by atoms with van der Waals surface area (Å²) >= 11 is 0. The van der Waals surface area contributed by atoms with Crippen LogP contribution in [0, 0.1) is 0 Å². The average Bonchev–Trinajstić information content (AvgIpc) is 2.82. The Morgan fingerprint density at radius 1 is 1.45 bits per heavy atom. The summed E-state index contributed by atoms with van der Waals surface area (Å²) in [6, 6.07) is 0.940. The molecule has 22 heavy (non-hydrogen) atoms. The van der Waals surface area contributed by atoms with Gasteiger partial charge in [-0.15, -0.1) is 0 Å². The smallest absolute Gasteiger partial charge is 0.358 e. The van der Waals surface area contributed by atoms with Crippen LogP contribution in [0.5, 0.6) is 0 Å². The van der Waals surface area contributed by atoms with Crippen molar-refractivity contribution in [1.82, 2.24) is 20.0 Å². The fourth-order valence-electron chi connectivity index (χ4n) is 1.65. The first-order chi connectivity index (χ1) is 10.3. The van der Waals surface area contributed by atoms with Gasteiger partial charge in [0.25, 0.3) is 6.43 Å². The van der Waals surface area contributed by atoms with Gasteiger partial charge in [-0.25, -0.2) is 13.6 Å². The van der Waals surface area contributed by atoms with Crippen molar-refractivity contribution in [1.29, 1.82) is 0 Å². The van der Waals surface area contributed by atoms with E-state index in [1.54, 1.807) is 6.92 Å². The second-order valence-corrected chi connectivity index (χ2v) is 4.79. The molecule has 1 amide bonds. The van der Waals surface area contributed by atoms with Crippen LogP contribution in [0.2, 0.25) is 0 Å². The maximum Gasteiger partial charge on any atom is 0.358 e. The van der Waals surface area contributed by atoms with E-state index >= 15 is 0 Å². The number of halogens is 2. The van der Waals surface area contributed by atoms with Crippen LogP contribution in [-0.4, -0.2) is 60.3 Å². The van der Waals surface area contributed by atoms with Crippen LogP contribution in [0.1, 0.15) is 29.5 Å². The largest absolute Gasteiger partial charge is 0.461 e. The molecule has 1 aromatic heterocycles. The van der Waals surface area contributed by atoms with Crippen LogP contribution in [0.25, 0.3) is 0 Å². The first kappa shape index (κ1) is 18.0. The summed E-state index contributed by atoms with van der Waals surface area (Å²) in [5, 5.41) is 6.31. The number of hydrogen-bond donors (Lipinski definition) is 1. The van der Waals surface area contributed by atoms with Crippen molar-refractivity contribution >= 4 is 11.9 Å². The molecule has 0 aliphatic rings. The van der Waals surface area contributed by atoms with Gasteiger partial charge in [-0.3, -0.25) is 9.48 Å². The van der Waals surface area contributed by atoms with Gasteiger partial charge >= 0.3 is 5.97 Å². The second-order valence-electron chi connectivity index (χ2n) is 4.79. The molecule has 9 heteroatoms. The standard InChI is InChI=1S/C13H20F2N4O3/c1-4-22-13(21)9-7-10(12(14)15)19(17-9)8-11(20)16-5-6-18(2)3/h7,12H,4-6,8H2,1-3H3,(H,16,20). The summed E-state index contributed by atoms with van der Waals surface area (Å²) in [5.74, 6) is -1.25. The van der Waals surface area contributed by atoms with Crippen molar-refractivity contribution in [3.63, 3.8) is 0 Å². The molecule has 1 heterocycles. The van der Waals surface area contributed by atoms with Crippen molar-refractivity contribution in [2.24, 2.45) is 0 Å². The molecule has 0 saturated carbocycles. The summed E-state index contributed by atoms with van der Waals surface area (Å²) in [6.45, 7) is 2.34. The molecule has 124 valence electrons. The summed E-state index contributed by atoms with van der Waals surface area (Å²) in [7, 11) is 3.69. The van der Waals surface area contributed by atoms with E-state index < -0.39 is 24.0 Å². The minimum atomic E-state index is -2.84. The molecule has 0 aliphatic carbocycles. The fourth-order valence-corrected chi connectivity index (χ4v) is 1.65. The van der Waals surface area contributed by atoms with Crippen LogP contribution in [0.4, 0.5) is 8.78 Å². The molecule has 1 N–H and O–H groups in total. The molecular weight excluding hydrogens is 298 g/mol. The lowest BCUT2D eigenvalue weighted by atomic mass is 10.3. The molecule has 1 rings (SSSR count). The molecule has 0 aromatic carbocycles. The maximum absolute atomic E-state index is 12.9. The van der Waals surface area contributed by atoms with E-state index in [1.165, 1.54) is 0 Å². The zero-order chi connectivity index (χ0) is 16.7. The van der Waals surface area contributed by atoms with Crippen LogP contribution < -0.4 is 5.32 Å². The number of aromatic nitrogens is 2. The highest BCUT2D eigenvalue weighted by Gasteiger charge is 2.22. The van der Waals surface area contributed by atoms with E-state index in [0.717, 1.165) is 10.7 Å². The Morgan fingerprint density at radius 3 is 2.68 bits per heavy atom. The highest BCUT2D eigenvalue weighted by molar-refractivity contribution is 5.87. The van der Waals surface area contributed by atoms with E-state index in [2.05, 4.69) is 10.4 Å². The summed E-state index contributed by atoms with van der Waals surface area (Å²) in [6.07, 6.45) is -2.84. The Morgan fingerprint density at radius 2 is 2.14 bits per heavy atom.